The van der Waals surface area contributed by atoms with E-state index in [1.165, 1.54) is 16.8 Å². The molecule has 1 N–H and O–H groups in total. The number of hydrogen-bond donors (Lipinski definition) is 1. The van der Waals surface area contributed by atoms with Gasteiger partial charge in [0.05, 0.1) is 0 Å². The van der Waals surface area contributed by atoms with Gasteiger partial charge in [0.1, 0.15) is 11.2 Å². The van der Waals surface area contributed by atoms with Crippen LogP contribution in [0.5, 0.6) is 0 Å². The normalized spacial score (nSPS) is 14.1. The van der Waals surface area contributed by atoms with Crippen molar-refractivity contribution >= 4 is 27.5 Å². The van der Waals surface area contributed by atoms with Crippen molar-refractivity contribution in [1.82, 2.24) is 9.38 Å². The molecule has 2 heterocycles. The Bertz CT molecular complexity index is 750. The molecule has 0 fully saturated rings. The lowest BCUT2D eigenvalue weighted by atomic mass is 10.1. The quantitative estimate of drug-likeness (QED) is 0.789. The van der Waals surface area contributed by atoms with Gasteiger partial charge in [0.2, 0.25) is 0 Å². The number of nitrogens with zero attached hydrogens (tertiary/aromatic N) is 2. The van der Waals surface area contributed by atoms with Crippen LogP contribution in [-0.4, -0.2) is 32.2 Å². The number of carbonyl (C=O) groups excluding carboxylic acids is 1. The van der Waals surface area contributed by atoms with Crippen LogP contribution in [0, 0.1) is 0 Å². The highest BCUT2D eigenvalue weighted by molar-refractivity contribution is 9.10. The van der Waals surface area contributed by atoms with Gasteiger partial charge in [-0.1, -0.05) is 0 Å². The summed E-state index contributed by atoms with van der Waals surface area (Å²) >= 11 is 3.07. The Morgan fingerprint density at radius 3 is 2.48 bits per heavy atom. The van der Waals surface area contributed by atoms with Gasteiger partial charge in [0.25, 0.3) is 0 Å². The highest BCUT2D eigenvalue weighted by Crippen LogP contribution is 2.35. The first kappa shape index (κ1) is 17.7. The minimum Gasteiger partial charge on any atom is -0.455 e. The van der Waals surface area contributed by atoms with Crippen molar-refractivity contribution in [3.8, 4) is 0 Å². The third kappa shape index (κ3) is 4.03. The molecule has 23 heavy (non-hydrogen) atoms. The maximum atomic E-state index is 12.8. The molecule has 0 saturated heterocycles. The Morgan fingerprint density at radius 2 is 1.96 bits per heavy atom. The third-order valence-electron chi connectivity index (χ3n) is 2.76. The van der Waals surface area contributed by atoms with Crippen molar-refractivity contribution in [2.24, 2.45) is 0 Å². The number of pyridine rings is 1. The maximum Gasteiger partial charge on any atom is 0.418 e. The Hall–Kier alpha value is -1.61. The number of hydrogen-bond acceptors (Lipinski definition) is 4. The van der Waals surface area contributed by atoms with Crippen LogP contribution in [0.4, 0.5) is 13.2 Å². The zero-order valence-corrected chi connectivity index (χ0v) is 14.1. The molecule has 0 bridgehead atoms. The molecule has 1 atom stereocenters. The number of aliphatic hydroxyl groups is 1. The Morgan fingerprint density at radius 1 is 1.35 bits per heavy atom. The number of imidazole rings is 1. The molecule has 0 spiro atoms. The van der Waals surface area contributed by atoms with Gasteiger partial charge in [-0.3, -0.25) is 0 Å². The van der Waals surface area contributed by atoms with E-state index in [0.29, 0.717) is 4.47 Å². The van der Waals surface area contributed by atoms with Crippen LogP contribution in [-0.2, 0) is 4.74 Å². The zero-order chi connectivity index (χ0) is 17.6. The molecule has 2 aromatic heterocycles. The molecule has 0 aromatic carbocycles. The minimum atomic E-state index is -4.85. The summed E-state index contributed by atoms with van der Waals surface area (Å²) in [5.41, 5.74) is -1.53. The average molecular weight is 395 g/mol. The minimum absolute atomic E-state index is 0.145. The topological polar surface area (TPSA) is 63.8 Å². The summed E-state index contributed by atoms with van der Waals surface area (Å²) in [5.74, 6) is -0.759. The van der Waals surface area contributed by atoms with E-state index in [1.807, 2.05) is 0 Å². The Labute approximate surface area is 138 Å². The second-order valence-corrected chi connectivity index (χ2v) is 6.83. The molecule has 0 aliphatic heterocycles. The standard InChI is InChI=1S/C14H14BrF3N2O3/c1-13(2,3)23-12(22)9-6-20-5-7(15)4-8(11(20)19-9)10(21)14(16,17)18/h4-6,10,21H,1-3H3/t10-/m1/s1. The summed E-state index contributed by atoms with van der Waals surface area (Å²) in [5, 5.41) is 9.50. The molecule has 5 nitrogen and oxygen atoms in total. The molecule has 0 unspecified atom stereocenters. The number of rotatable bonds is 2. The van der Waals surface area contributed by atoms with Crippen molar-refractivity contribution in [2.45, 2.75) is 38.7 Å². The molecule has 126 valence electrons. The average Bonchev–Trinajstić information content (AvgIpc) is 2.77. The first-order valence-corrected chi connectivity index (χ1v) is 7.34. The summed E-state index contributed by atoms with van der Waals surface area (Å²) in [4.78, 5) is 15.9. The number of ether oxygens (including phenoxy) is 1. The molecule has 2 rings (SSSR count). The molecule has 9 heteroatoms. The second kappa shape index (κ2) is 5.79. The van der Waals surface area contributed by atoms with Crippen molar-refractivity contribution in [3.05, 3.63) is 34.2 Å². The molecule has 2 aromatic rings. The lowest BCUT2D eigenvalue weighted by Crippen LogP contribution is -2.24. The molecule has 0 amide bonds. The van der Waals surface area contributed by atoms with Crippen LogP contribution in [0.2, 0.25) is 0 Å². The van der Waals surface area contributed by atoms with Gasteiger partial charge in [0.15, 0.2) is 11.8 Å². The van der Waals surface area contributed by atoms with E-state index in [0.717, 1.165) is 6.07 Å². The SMILES string of the molecule is CC(C)(C)OC(=O)c1cn2cc(Br)cc([C@@H](O)C(F)(F)F)c2n1. The molecule has 0 aliphatic rings. The van der Waals surface area contributed by atoms with Crippen molar-refractivity contribution in [2.75, 3.05) is 0 Å². The molecule has 0 saturated carbocycles. The van der Waals surface area contributed by atoms with E-state index in [4.69, 9.17) is 4.74 Å². The summed E-state index contributed by atoms with van der Waals surface area (Å²) in [7, 11) is 0. The first-order chi connectivity index (χ1) is 10.4. The Balaban J connectivity index is 2.53. The predicted octanol–water partition coefficient (Wildman–Crippen LogP) is 3.65. The van der Waals surface area contributed by atoms with E-state index in [9.17, 15) is 23.1 Å². The Kier molecular flexibility index (Phi) is 4.46. The van der Waals surface area contributed by atoms with Crippen LogP contribution in [0.25, 0.3) is 5.65 Å². The van der Waals surface area contributed by atoms with Gasteiger partial charge in [-0.15, -0.1) is 0 Å². The highest BCUT2D eigenvalue weighted by Gasteiger charge is 2.41. The number of carbonyl (C=O) groups is 1. The number of fused-ring (bicyclic) bond motifs is 1. The number of halogens is 4. The second-order valence-electron chi connectivity index (χ2n) is 5.92. The third-order valence-corrected chi connectivity index (χ3v) is 3.19. The van der Waals surface area contributed by atoms with Gasteiger partial charge < -0.3 is 14.2 Å². The van der Waals surface area contributed by atoms with Crippen molar-refractivity contribution < 1.29 is 27.8 Å². The van der Waals surface area contributed by atoms with E-state index < -0.39 is 29.4 Å². The summed E-state index contributed by atoms with van der Waals surface area (Å²) in [6, 6.07) is 1.11. The molecular weight excluding hydrogens is 381 g/mol. The monoisotopic (exact) mass is 394 g/mol. The van der Waals surface area contributed by atoms with Gasteiger partial charge in [0, 0.05) is 22.4 Å². The number of aliphatic hydroxyl groups excluding tert-OH is 1. The first-order valence-electron chi connectivity index (χ1n) is 6.55. The van der Waals surface area contributed by atoms with E-state index in [-0.39, 0.29) is 11.3 Å². The zero-order valence-electron chi connectivity index (χ0n) is 12.5. The van der Waals surface area contributed by atoms with Crippen molar-refractivity contribution in [3.63, 3.8) is 0 Å². The largest absolute Gasteiger partial charge is 0.455 e. The van der Waals surface area contributed by atoms with Crippen LogP contribution < -0.4 is 0 Å². The van der Waals surface area contributed by atoms with Crippen LogP contribution in [0.15, 0.2) is 22.9 Å². The van der Waals surface area contributed by atoms with Gasteiger partial charge in [-0.05, 0) is 42.8 Å². The number of esters is 1. The van der Waals surface area contributed by atoms with Crippen LogP contribution in [0.1, 0.15) is 42.9 Å². The highest BCUT2D eigenvalue weighted by atomic mass is 79.9. The smallest absolute Gasteiger partial charge is 0.418 e. The summed E-state index contributed by atoms with van der Waals surface area (Å²) < 4.78 is 45.0. The molecular formula is C14H14BrF3N2O3. The van der Waals surface area contributed by atoms with E-state index >= 15 is 0 Å². The van der Waals surface area contributed by atoms with E-state index in [2.05, 4.69) is 20.9 Å². The summed E-state index contributed by atoms with van der Waals surface area (Å²) in [6.07, 6.45) is -4.88. The lowest BCUT2D eigenvalue weighted by Gasteiger charge is -2.18. The van der Waals surface area contributed by atoms with Crippen molar-refractivity contribution in [1.29, 1.82) is 0 Å². The molecule has 0 aliphatic carbocycles. The lowest BCUT2D eigenvalue weighted by molar-refractivity contribution is -0.206. The number of aromatic nitrogens is 2. The molecule has 0 radical (unpaired) electrons. The van der Waals surface area contributed by atoms with E-state index in [1.54, 1.807) is 20.8 Å². The fourth-order valence-electron chi connectivity index (χ4n) is 1.90. The van der Waals surface area contributed by atoms with Gasteiger partial charge >= 0.3 is 12.1 Å². The predicted molar refractivity (Wildman–Crippen MR) is 79.1 cm³/mol. The van der Waals surface area contributed by atoms with Crippen LogP contribution in [0.3, 0.4) is 0 Å². The maximum absolute atomic E-state index is 12.8. The van der Waals surface area contributed by atoms with Crippen LogP contribution >= 0.6 is 15.9 Å². The fourth-order valence-corrected chi connectivity index (χ4v) is 2.36. The van der Waals surface area contributed by atoms with Gasteiger partial charge in [-0.2, -0.15) is 13.2 Å². The number of alkyl halides is 3. The fraction of sp³-hybridized carbons (Fsp3) is 0.429. The van der Waals surface area contributed by atoms with Gasteiger partial charge in [-0.25, -0.2) is 9.78 Å². The summed E-state index contributed by atoms with van der Waals surface area (Å²) in [6.45, 7) is 4.99.